The van der Waals surface area contributed by atoms with Crippen molar-refractivity contribution < 1.29 is 14.4 Å². The average Bonchev–Trinajstić information content (AvgIpc) is 2.03. The maximum atomic E-state index is 11.0. The Balaban J connectivity index is 3.76. The quantitative estimate of drug-likeness (QED) is 0.455. The van der Waals surface area contributed by atoms with E-state index in [9.17, 15) is 9.59 Å². The molecule has 0 rings (SSSR count). The zero-order chi connectivity index (χ0) is 9.56. The molecule has 12 heavy (non-hydrogen) atoms. The highest BCUT2D eigenvalue weighted by atomic mass is 16.7. The summed E-state index contributed by atoms with van der Waals surface area (Å²) in [4.78, 5) is 26.6. The summed E-state index contributed by atoms with van der Waals surface area (Å²) in [6.07, 6.45) is 1.18. The van der Waals surface area contributed by atoms with Gasteiger partial charge < -0.3 is 0 Å². The van der Waals surface area contributed by atoms with Crippen molar-refractivity contribution in [3.63, 3.8) is 0 Å². The van der Waals surface area contributed by atoms with Crippen LogP contribution in [0.2, 0.25) is 0 Å². The second-order valence-electron chi connectivity index (χ2n) is 2.54. The Hall–Kier alpha value is -0.900. The second kappa shape index (κ2) is 5.71. The molecule has 4 heteroatoms. The number of amides is 1. The maximum absolute atomic E-state index is 11.0. The first-order chi connectivity index (χ1) is 5.61. The van der Waals surface area contributed by atoms with Crippen LogP contribution in [0.3, 0.4) is 0 Å². The van der Waals surface area contributed by atoms with Crippen molar-refractivity contribution in [2.45, 2.75) is 26.2 Å². The molecule has 70 valence electrons. The third kappa shape index (κ3) is 4.08. The van der Waals surface area contributed by atoms with Gasteiger partial charge in [-0.05, 0) is 6.42 Å². The molecular weight excluding hydrogens is 158 g/mol. The first-order valence-electron chi connectivity index (χ1n) is 3.94. The van der Waals surface area contributed by atoms with Crippen molar-refractivity contribution in [3.05, 3.63) is 0 Å². The summed E-state index contributed by atoms with van der Waals surface area (Å²) >= 11 is 0. The fraction of sp³-hybridized carbons (Fsp3) is 0.750. The van der Waals surface area contributed by atoms with E-state index in [0.717, 1.165) is 11.5 Å². The van der Waals surface area contributed by atoms with Gasteiger partial charge in [0.05, 0.1) is 13.5 Å². The third-order valence-corrected chi connectivity index (χ3v) is 1.50. The molecule has 0 aliphatic rings. The Kier molecular flexibility index (Phi) is 5.28. The number of carbonyl (C=O) groups excluding carboxylic acids is 2. The van der Waals surface area contributed by atoms with E-state index in [2.05, 4.69) is 4.84 Å². The zero-order valence-electron chi connectivity index (χ0n) is 7.79. The number of nitrogens with zero attached hydrogens (tertiary/aromatic N) is 1. The van der Waals surface area contributed by atoms with Gasteiger partial charge in [-0.15, -0.1) is 0 Å². The lowest BCUT2D eigenvalue weighted by Gasteiger charge is -2.12. The number of hydrogen-bond acceptors (Lipinski definition) is 3. The molecule has 0 unspecified atom stereocenters. The number of Topliss-reactive ketones (excluding diaryl/α,β-unsaturated/α-hetero) is 1. The summed E-state index contributed by atoms with van der Waals surface area (Å²) < 4.78 is 0. The van der Waals surface area contributed by atoms with Gasteiger partial charge >= 0.3 is 0 Å². The smallest absolute Gasteiger partial charge is 0.253 e. The van der Waals surface area contributed by atoms with Crippen LogP contribution in [0.15, 0.2) is 0 Å². The monoisotopic (exact) mass is 173 g/mol. The molecular formula is C8H15NO3. The minimum atomic E-state index is -0.295. The molecule has 0 saturated carbocycles. The van der Waals surface area contributed by atoms with Gasteiger partial charge in [0.15, 0.2) is 0 Å². The first kappa shape index (κ1) is 11.1. The Bertz CT molecular complexity index is 168. The van der Waals surface area contributed by atoms with Crippen molar-refractivity contribution in [2.24, 2.45) is 0 Å². The molecule has 0 atom stereocenters. The maximum Gasteiger partial charge on any atom is 0.253 e. The normalized spacial score (nSPS) is 9.58. The first-order valence-corrected chi connectivity index (χ1v) is 3.94. The molecule has 0 fully saturated rings. The van der Waals surface area contributed by atoms with E-state index < -0.39 is 0 Å². The molecule has 0 aromatic rings. The Labute approximate surface area is 72.4 Å². The number of hydroxylamine groups is 2. The third-order valence-electron chi connectivity index (χ3n) is 1.50. The molecule has 0 saturated heterocycles. The Morgan fingerprint density at radius 3 is 2.42 bits per heavy atom. The lowest BCUT2D eigenvalue weighted by molar-refractivity contribution is -0.169. The standard InChI is InChI=1S/C8H15NO3/c1-4-5-7(10)6-8(11)9(2)12-3/h4-6H2,1-3H3. The number of hydrogen-bond donors (Lipinski definition) is 0. The molecule has 0 aliphatic heterocycles. The zero-order valence-corrected chi connectivity index (χ0v) is 7.79. The van der Waals surface area contributed by atoms with Crippen LogP contribution in [0.5, 0.6) is 0 Å². The molecule has 0 N–H and O–H groups in total. The van der Waals surface area contributed by atoms with Gasteiger partial charge in [-0.25, -0.2) is 5.06 Å². The highest BCUT2D eigenvalue weighted by molar-refractivity contribution is 5.97. The van der Waals surface area contributed by atoms with Gasteiger partial charge in [0.2, 0.25) is 0 Å². The fourth-order valence-electron chi connectivity index (χ4n) is 0.749. The van der Waals surface area contributed by atoms with E-state index in [1.165, 1.54) is 14.2 Å². The van der Waals surface area contributed by atoms with E-state index in [1.54, 1.807) is 0 Å². The van der Waals surface area contributed by atoms with E-state index in [-0.39, 0.29) is 18.1 Å². The van der Waals surface area contributed by atoms with Gasteiger partial charge in [-0.2, -0.15) is 0 Å². The number of carbonyl (C=O) groups is 2. The minimum absolute atomic E-state index is 0.0357. The largest absolute Gasteiger partial charge is 0.299 e. The van der Waals surface area contributed by atoms with Crippen molar-refractivity contribution >= 4 is 11.7 Å². The summed E-state index contributed by atoms with van der Waals surface area (Å²) in [6.45, 7) is 1.91. The Morgan fingerprint density at radius 1 is 1.42 bits per heavy atom. The topological polar surface area (TPSA) is 46.6 Å². The van der Waals surface area contributed by atoms with E-state index >= 15 is 0 Å². The SMILES string of the molecule is CCCC(=O)CC(=O)N(C)OC. The molecule has 0 heterocycles. The van der Waals surface area contributed by atoms with Crippen LogP contribution in [0.4, 0.5) is 0 Å². The van der Waals surface area contributed by atoms with Gasteiger partial charge in [-0.1, -0.05) is 6.92 Å². The van der Waals surface area contributed by atoms with Crippen LogP contribution in [0.25, 0.3) is 0 Å². The van der Waals surface area contributed by atoms with Crippen molar-refractivity contribution in [2.75, 3.05) is 14.2 Å². The molecule has 0 radical (unpaired) electrons. The van der Waals surface area contributed by atoms with Crippen molar-refractivity contribution in [1.29, 1.82) is 0 Å². The predicted octanol–water partition coefficient (Wildman–Crippen LogP) is 0.766. The van der Waals surface area contributed by atoms with Crippen LogP contribution in [0.1, 0.15) is 26.2 Å². The van der Waals surface area contributed by atoms with Crippen LogP contribution in [-0.4, -0.2) is 30.9 Å². The molecule has 0 aliphatic carbocycles. The summed E-state index contributed by atoms with van der Waals surface area (Å²) in [5.74, 6) is -0.331. The second-order valence-corrected chi connectivity index (χ2v) is 2.54. The van der Waals surface area contributed by atoms with E-state index in [1.807, 2.05) is 6.92 Å². The molecule has 1 amide bonds. The number of rotatable bonds is 5. The molecule has 0 aromatic carbocycles. The fourth-order valence-corrected chi connectivity index (χ4v) is 0.749. The highest BCUT2D eigenvalue weighted by Crippen LogP contribution is 1.97. The Morgan fingerprint density at radius 2 is 2.00 bits per heavy atom. The predicted molar refractivity (Wildman–Crippen MR) is 44.3 cm³/mol. The molecule has 0 bridgehead atoms. The number of ketones is 1. The van der Waals surface area contributed by atoms with Gasteiger partial charge in [0.25, 0.3) is 5.91 Å². The molecule has 0 aromatic heterocycles. The molecule has 0 spiro atoms. The van der Waals surface area contributed by atoms with Crippen LogP contribution in [-0.2, 0) is 14.4 Å². The summed E-state index contributed by atoms with van der Waals surface area (Å²) in [5.41, 5.74) is 0. The van der Waals surface area contributed by atoms with Crippen molar-refractivity contribution in [3.8, 4) is 0 Å². The summed E-state index contributed by atoms with van der Waals surface area (Å²) in [5, 5.41) is 1.06. The van der Waals surface area contributed by atoms with Crippen LogP contribution in [0, 0.1) is 0 Å². The van der Waals surface area contributed by atoms with Gasteiger partial charge in [0, 0.05) is 13.5 Å². The van der Waals surface area contributed by atoms with Crippen LogP contribution < -0.4 is 0 Å². The van der Waals surface area contributed by atoms with Crippen molar-refractivity contribution in [1.82, 2.24) is 5.06 Å². The van der Waals surface area contributed by atoms with Crippen LogP contribution >= 0.6 is 0 Å². The van der Waals surface area contributed by atoms with Gasteiger partial charge in [0.1, 0.15) is 5.78 Å². The lowest BCUT2D eigenvalue weighted by Crippen LogP contribution is -2.27. The highest BCUT2D eigenvalue weighted by Gasteiger charge is 2.12. The van der Waals surface area contributed by atoms with E-state index in [0.29, 0.717) is 6.42 Å². The molecule has 4 nitrogen and oxygen atoms in total. The van der Waals surface area contributed by atoms with E-state index in [4.69, 9.17) is 0 Å². The lowest BCUT2D eigenvalue weighted by atomic mass is 10.2. The minimum Gasteiger partial charge on any atom is -0.299 e. The summed E-state index contributed by atoms with van der Waals surface area (Å²) in [6, 6.07) is 0. The summed E-state index contributed by atoms with van der Waals surface area (Å²) in [7, 11) is 2.88. The van der Waals surface area contributed by atoms with Gasteiger partial charge in [-0.3, -0.25) is 14.4 Å². The average molecular weight is 173 g/mol.